The molecule has 0 radical (unpaired) electrons. The fraction of sp³-hybridized carbons (Fsp3) is 0.100. The molecule has 0 fully saturated rings. The van der Waals surface area contributed by atoms with Gasteiger partial charge in [0.05, 0.1) is 6.10 Å². The minimum atomic E-state index is -0.604. The fourth-order valence-electron chi connectivity index (χ4n) is 3.13. The largest absolute Gasteiger partial charge is 0.457 e. The lowest BCUT2D eigenvalue weighted by atomic mass is 9.81. The average Bonchev–Trinajstić information content (AvgIpc) is 2.60. The maximum atomic E-state index is 11.0. The zero-order chi connectivity index (χ0) is 14.9. The van der Waals surface area contributed by atoms with Crippen molar-refractivity contribution in [2.45, 2.75) is 12.0 Å². The van der Waals surface area contributed by atoms with Gasteiger partial charge in [0.15, 0.2) is 0 Å². The Kier molecular flexibility index (Phi) is 3.17. The number of aliphatic hydroxyl groups excluding tert-OH is 1. The Hall–Kier alpha value is -2.58. The Labute approximate surface area is 129 Å². The summed E-state index contributed by atoms with van der Waals surface area (Å²) in [5, 5.41) is 11.0. The Morgan fingerprint density at radius 3 is 1.77 bits per heavy atom. The number of hydrogen-bond acceptors (Lipinski definition) is 2. The van der Waals surface area contributed by atoms with Gasteiger partial charge in [0.1, 0.15) is 11.5 Å². The van der Waals surface area contributed by atoms with Crippen molar-refractivity contribution in [2.24, 2.45) is 0 Å². The lowest BCUT2D eigenvalue weighted by Gasteiger charge is -2.31. The van der Waals surface area contributed by atoms with Crippen molar-refractivity contribution < 1.29 is 9.84 Å². The van der Waals surface area contributed by atoms with Gasteiger partial charge in [-0.3, -0.25) is 0 Å². The summed E-state index contributed by atoms with van der Waals surface area (Å²) >= 11 is 0. The summed E-state index contributed by atoms with van der Waals surface area (Å²) in [5.74, 6) is 1.52. The van der Waals surface area contributed by atoms with E-state index in [-0.39, 0.29) is 5.92 Å². The first kappa shape index (κ1) is 13.1. The smallest absolute Gasteiger partial charge is 0.131 e. The van der Waals surface area contributed by atoms with E-state index in [0.29, 0.717) is 0 Å². The van der Waals surface area contributed by atoms with Crippen molar-refractivity contribution in [2.75, 3.05) is 0 Å². The third-order valence-corrected chi connectivity index (χ3v) is 4.18. The number of rotatable bonds is 2. The van der Waals surface area contributed by atoms with Gasteiger partial charge in [-0.1, -0.05) is 66.7 Å². The molecular formula is C20H16O2. The molecule has 1 atom stereocenters. The topological polar surface area (TPSA) is 29.5 Å². The number of hydrogen-bond donors (Lipinski definition) is 1. The van der Waals surface area contributed by atoms with E-state index in [1.54, 1.807) is 0 Å². The number of fused-ring (bicyclic) bond motifs is 2. The Morgan fingerprint density at radius 1 is 0.682 bits per heavy atom. The van der Waals surface area contributed by atoms with Crippen LogP contribution in [0.1, 0.15) is 28.7 Å². The molecule has 1 aliphatic heterocycles. The van der Waals surface area contributed by atoms with Crippen LogP contribution in [0.5, 0.6) is 11.5 Å². The van der Waals surface area contributed by atoms with Crippen LogP contribution in [0.2, 0.25) is 0 Å². The second-order valence-electron chi connectivity index (χ2n) is 5.51. The number of aliphatic hydroxyl groups is 1. The summed E-state index contributed by atoms with van der Waals surface area (Å²) in [6, 6.07) is 25.7. The van der Waals surface area contributed by atoms with Crippen LogP contribution in [0.3, 0.4) is 0 Å². The summed E-state index contributed by atoms with van der Waals surface area (Å²) in [5.41, 5.74) is 2.97. The molecule has 108 valence electrons. The van der Waals surface area contributed by atoms with Gasteiger partial charge in [0.2, 0.25) is 0 Å². The molecule has 0 aliphatic carbocycles. The maximum absolute atomic E-state index is 11.0. The van der Waals surface area contributed by atoms with Crippen LogP contribution in [-0.4, -0.2) is 5.11 Å². The third-order valence-electron chi connectivity index (χ3n) is 4.18. The molecule has 1 N–H and O–H groups in total. The third kappa shape index (κ3) is 2.09. The molecule has 3 aromatic rings. The lowest BCUT2D eigenvalue weighted by molar-refractivity contribution is 0.154. The van der Waals surface area contributed by atoms with Crippen LogP contribution < -0.4 is 4.74 Å². The minimum Gasteiger partial charge on any atom is -0.457 e. The zero-order valence-corrected chi connectivity index (χ0v) is 12.0. The quantitative estimate of drug-likeness (QED) is 0.743. The van der Waals surface area contributed by atoms with Crippen molar-refractivity contribution in [3.63, 3.8) is 0 Å². The van der Waals surface area contributed by atoms with Gasteiger partial charge in [0, 0.05) is 17.0 Å². The molecular weight excluding hydrogens is 272 g/mol. The van der Waals surface area contributed by atoms with Gasteiger partial charge in [-0.05, 0) is 17.7 Å². The molecule has 1 unspecified atom stereocenters. The van der Waals surface area contributed by atoms with Crippen LogP contribution >= 0.6 is 0 Å². The second kappa shape index (κ2) is 5.32. The molecule has 4 rings (SSSR count). The van der Waals surface area contributed by atoms with Crippen LogP contribution in [-0.2, 0) is 0 Å². The SMILES string of the molecule is OC(c1ccccc1)C1c2ccccc2Oc2ccccc21. The average molecular weight is 288 g/mol. The van der Waals surface area contributed by atoms with E-state index in [1.807, 2.05) is 78.9 Å². The van der Waals surface area contributed by atoms with Crippen molar-refractivity contribution in [1.29, 1.82) is 0 Å². The summed E-state index contributed by atoms with van der Waals surface area (Å²) in [6.45, 7) is 0. The predicted molar refractivity (Wildman–Crippen MR) is 86.2 cm³/mol. The summed E-state index contributed by atoms with van der Waals surface area (Å²) < 4.78 is 5.98. The highest BCUT2D eigenvalue weighted by atomic mass is 16.5. The Bertz CT molecular complexity index is 750. The molecule has 0 bridgehead atoms. The van der Waals surface area contributed by atoms with Gasteiger partial charge in [-0.25, -0.2) is 0 Å². The molecule has 0 aromatic heterocycles. The van der Waals surface area contributed by atoms with Gasteiger partial charge in [0.25, 0.3) is 0 Å². The first-order valence-electron chi connectivity index (χ1n) is 7.43. The molecule has 0 amide bonds. The number of benzene rings is 3. The van der Waals surface area contributed by atoms with Crippen LogP contribution in [0.15, 0.2) is 78.9 Å². The van der Waals surface area contributed by atoms with Gasteiger partial charge >= 0.3 is 0 Å². The van der Waals surface area contributed by atoms with Crippen LogP contribution in [0.25, 0.3) is 0 Å². The van der Waals surface area contributed by atoms with E-state index in [2.05, 4.69) is 0 Å². The maximum Gasteiger partial charge on any atom is 0.131 e. The second-order valence-corrected chi connectivity index (χ2v) is 5.51. The molecule has 22 heavy (non-hydrogen) atoms. The summed E-state index contributed by atoms with van der Waals surface area (Å²) in [4.78, 5) is 0. The number of ether oxygens (including phenoxy) is 1. The van der Waals surface area contributed by atoms with Crippen LogP contribution in [0.4, 0.5) is 0 Å². The summed E-state index contributed by atoms with van der Waals surface area (Å²) in [7, 11) is 0. The monoisotopic (exact) mass is 288 g/mol. The first-order valence-corrected chi connectivity index (χ1v) is 7.43. The molecule has 2 nitrogen and oxygen atoms in total. The van der Waals surface area contributed by atoms with Gasteiger partial charge in [-0.2, -0.15) is 0 Å². The van der Waals surface area contributed by atoms with E-state index in [9.17, 15) is 5.11 Å². The molecule has 1 heterocycles. The molecule has 0 spiro atoms. The lowest BCUT2D eigenvalue weighted by Crippen LogP contribution is -2.17. The molecule has 0 saturated heterocycles. The molecule has 1 aliphatic rings. The molecule has 3 aromatic carbocycles. The van der Waals surface area contributed by atoms with Crippen molar-refractivity contribution in [1.82, 2.24) is 0 Å². The first-order chi connectivity index (χ1) is 10.8. The van der Waals surface area contributed by atoms with Crippen molar-refractivity contribution >= 4 is 0 Å². The van der Waals surface area contributed by atoms with Crippen molar-refractivity contribution in [3.05, 3.63) is 95.6 Å². The van der Waals surface area contributed by atoms with E-state index >= 15 is 0 Å². The van der Waals surface area contributed by atoms with E-state index in [4.69, 9.17) is 4.74 Å². The molecule has 2 heteroatoms. The normalized spacial score (nSPS) is 14.6. The molecule has 0 saturated carbocycles. The van der Waals surface area contributed by atoms with Gasteiger partial charge in [-0.15, -0.1) is 0 Å². The van der Waals surface area contributed by atoms with Crippen molar-refractivity contribution in [3.8, 4) is 11.5 Å². The van der Waals surface area contributed by atoms with E-state index < -0.39 is 6.10 Å². The standard InChI is InChI=1S/C20H16O2/c21-20(14-8-2-1-3-9-14)19-15-10-4-6-12-17(15)22-18-13-7-5-11-16(18)19/h1-13,19-21H. The van der Waals surface area contributed by atoms with Gasteiger partial charge < -0.3 is 9.84 Å². The highest BCUT2D eigenvalue weighted by molar-refractivity contribution is 5.54. The van der Waals surface area contributed by atoms with Crippen LogP contribution in [0, 0.1) is 0 Å². The Morgan fingerprint density at radius 2 is 1.18 bits per heavy atom. The highest BCUT2D eigenvalue weighted by Gasteiger charge is 2.32. The fourth-order valence-corrected chi connectivity index (χ4v) is 3.13. The summed E-state index contributed by atoms with van der Waals surface area (Å²) in [6.07, 6.45) is -0.604. The Balaban J connectivity index is 1.88. The zero-order valence-electron chi connectivity index (χ0n) is 12.0. The van der Waals surface area contributed by atoms with E-state index in [0.717, 1.165) is 28.2 Å². The number of para-hydroxylation sites is 2. The predicted octanol–water partition coefficient (Wildman–Crippen LogP) is 4.66. The van der Waals surface area contributed by atoms with E-state index in [1.165, 1.54) is 0 Å². The minimum absolute atomic E-state index is 0.122. The highest BCUT2D eigenvalue weighted by Crippen LogP contribution is 2.48.